The molecule has 0 radical (unpaired) electrons. The number of hydrogen-bond donors (Lipinski definition) is 2. The van der Waals surface area contributed by atoms with E-state index in [1.165, 1.54) is 16.7 Å². The molecule has 1 aliphatic rings. The molecule has 1 aliphatic carbocycles. The van der Waals surface area contributed by atoms with Crippen LogP contribution in [0.3, 0.4) is 0 Å². The molecule has 0 unspecified atom stereocenters. The molecule has 0 saturated heterocycles. The van der Waals surface area contributed by atoms with Crippen LogP contribution in [0, 0.1) is 11.6 Å². The molecule has 0 fully saturated rings. The third-order valence-electron chi connectivity index (χ3n) is 5.42. The Labute approximate surface area is 154 Å². The maximum atomic E-state index is 13.8. The van der Waals surface area contributed by atoms with Gasteiger partial charge in [-0.3, -0.25) is 9.59 Å². The molecule has 5 nitrogen and oxygen atoms in total. The van der Waals surface area contributed by atoms with Crippen molar-refractivity contribution in [3.8, 4) is 0 Å². The molecular weight excluding hydrogens is 352 g/mol. The summed E-state index contributed by atoms with van der Waals surface area (Å²) >= 11 is 0. The zero-order valence-corrected chi connectivity index (χ0v) is 15.0. The number of fused-ring (bicyclic) bond motifs is 2. The molecule has 27 heavy (non-hydrogen) atoms. The normalized spacial score (nSPS) is 14.4. The first-order chi connectivity index (χ1) is 12.9. The van der Waals surface area contributed by atoms with Crippen LogP contribution >= 0.6 is 0 Å². The molecule has 0 saturated carbocycles. The highest BCUT2D eigenvalue weighted by Gasteiger charge is 2.25. The van der Waals surface area contributed by atoms with Crippen molar-refractivity contribution in [2.45, 2.75) is 32.2 Å². The highest BCUT2D eigenvalue weighted by molar-refractivity contribution is 5.94. The van der Waals surface area contributed by atoms with Crippen molar-refractivity contribution < 1.29 is 13.6 Å². The number of hydrogen-bond acceptors (Lipinski definition) is 2. The van der Waals surface area contributed by atoms with Crippen LogP contribution in [0.4, 0.5) is 8.78 Å². The van der Waals surface area contributed by atoms with Crippen LogP contribution in [0.2, 0.25) is 0 Å². The van der Waals surface area contributed by atoms with Gasteiger partial charge in [0.1, 0.15) is 5.69 Å². The third kappa shape index (κ3) is 2.83. The molecule has 0 bridgehead atoms. The quantitative estimate of drug-likeness (QED) is 0.740. The number of rotatable bonds is 3. The fourth-order valence-electron chi connectivity index (χ4n) is 3.75. The van der Waals surface area contributed by atoms with Gasteiger partial charge < -0.3 is 14.9 Å². The lowest BCUT2D eigenvalue weighted by Gasteiger charge is -2.26. The highest BCUT2D eigenvalue weighted by atomic mass is 19.2. The number of carbonyl (C=O) groups is 1. The van der Waals surface area contributed by atoms with Crippen molar-refractivity contribution >= 4 is 16.7 Å². The molecule has 3 aromatic rings. The Kier molecular flexibility index (Phi) is 4.09. The van der Waals surface area contributed by atoms with E-state index in [2.05, 4.69) is 9.97 Å². The van der Waals surface area contributed by atoms with Crippen molar-refractivity contribution in [1.82, 2.24) is 14.9 Å². The van der Waals surface area contributed by atoms with E-state index in [0.29, 0.717) is 16.6 Å². The molecule has 4 rings (SSSR count). The zero-order chi connectivity index (χ0) is 19.3. The molecule has 0 spiro atoms. The van der Waals surface area contributed by atoms with Gasteiger partial charge in [0.25, 0.3) is 11.5 Å². The summed E-state index contributed by atoms with van der Waals surface area (Å²) in [6.07, 6.45) is 4.45. The van der Waals surface area contributed by atoms with Gasteiger partial charge in [-0.25, -0.2) is 8.78 Å². The SMILES string of the molecule is C[C@H](c1c[nH]c(=O)c2cc(F)c(F)cc12)N(C)C(=O)c1cc2c([nH]1)CCC2. The fourth-order valence-corrected chi connectivity index (χ4v) is 3.75. The molecule has 1 amide bonds. The molecule has 2 heterocycles. The number of carbonyl (C=O) groups excluding carboxylic acids is 1. The summed E-state index contributed by atoms with van der Waals surface area (Å²) in [5, 5.41) is 0.344. The first-order valence-electron chi connectivity index (χ1n) is 8.85. The number of H-pyrrole nitrogens is 2. The predicted molar refractivity (Wildman–Crippen MR) is 97.8 cm³/mol. The molecule has 1 aromatic carbocycles. The molecule has 2 N–H and O–H groups in total. The van der Waals surface area contributed by atoms with Crippen LogP contribution in [0.25, 0.3) is 10.8 Å². The maximum Gasteiger partial charge on any atom is 0.270 e. The van der Waals surface area contributed by atoms with E-state index in [0.717, 1.165) is 37.1 Å². The second-order valence-corrected chi connectivity index (χ2v) is 7.02. The van der Waals surface area contributed by atoms with Gasteiger partial charge in [-0.1, -0.05) is 0 Å². The minimum atomic E-state index is -1.08. The summed E-state index contributed by atoms with van der Waals surface area (Å²) in [5.41, 5.74) is 2.82. The average molecular weight is 371 g/mol. The number of halogens is 2. The lowest BCUT2D eigenvalue weighted by atomic mass is 10.0. The number of pyridine rings is 1. The zero-order valence-electron chi connectivity index (χ0n) is 15.0. The standard InChI is InChI=1S/C20H19F2N3O2/c1-10(25(2)20(27)18-6-11-4-3-5-17(11)24-18)14-9-23-19(26)13-8-16(22)15(21)7-12(13)14/h6-10,24H,3-5H2,1-2H3,(H,23,26)/t10-/m1/s1. The Morgan fingerprint density at radius 2 is 1.85 bits per heavy atom. The van der Waals surface area contributed by atoms with Crippen molar-refractivity contribution in [2.75, 3.05) is 7.05 Å². The Hall–Kier alpha value is -2.96. The van der Waals surface area contributed by atoms with Crippen LogP contribution in [0.15, 0.2) is 29.2 Å². The Morgan fingerprint density at radius 3 is 2.56 bits per heavy atom. The van der Waals surface area contributed by atoms with Gasteiger partial charge in [0.15, 0.2) is 11.6 Å². The number of benzene rings is 1. The molecule has 2 aromatic heterocycles. The number of aryl methyl sites for hydroxylation is 2. The van der Waals surface area contributed by atoms with E-state index >= 15 is 0 Å². The molecule has 1 atom stereocenters. The van der Waals surface area contributed by atoms with Gasteiger partial charge in [-0.05, 0) is 60.9 Å². The highest BCUT2D eigenvalue weighted by Crippen LogP contribution is 2.29. The van der Waals surface area contributed by atoms with Gasteiger partial charge in [0, 0.05) is 18.9 Å². The van der Waals surface area contributed by atoms with Crippen molar-refractivity contribution in [3.05, 3.63) is 68.9 Å². The number of aromatic amines is 2. The van der Waals surface area contributed by atoms with E-state index in [1.807, 2.05) is 6.07 Å². The topological polar surface area (TPSA) is 69.0 Å². The predicted octanol–water partition coefficient (Wildman–Crippen LogP) is 3.46. The number of nitrogens with zero attached hydrogens (tertiary/aromatic N) is 1. The smallest absolute Gasteiger partial charge is 0.270 e. The minimum absolute atomic E-state index is 0.0537. The van der Waals surface area contributed by atoms with Gasteiger partial charge >= 0.3 is 0 Å². The van der Waals surface area contributed by atoms with Crippen LogP contribution in [0.5, 0.6) is 0 Å². The first-order valence-corrected chi connectivity index (χ1v) is 8.85. The Morgan fingerprint density at radius 1 is 1.15 bits per heavy atom. The fraction of sp³-hybridized carbons (Fsp3) is 0.300. The number of amides is 1. The first kappa shape index (κ1) is 17.5. The van der Waals surface area contributed by atoms with Gasteiger partial charge in [0.05, 0.1) is 11.4 Å². The summed E-state index contributed by atoms with van der Waals surface area (Å²) in [4.78, 5) is 32.1. The molecule has 7 heteroatoms. The third-order valence-corrected chi connectivity index (χ3v) is 5.42. The summed E-state index contributed by atoms with van der Waals surface area (Å²) < 4.78 is 27.3. The summed E-state index contributed by atoms with van der Waals surface area (Å²) in [6, 6.07) is 3.32. The lowest BCUT2D eigenvalue weighted by Crippen LogP contribution is -2.30. The number of aromatic nitrogens is 2. The van der Waals surface area contributed by atoms with E-state index in [4.69, 9.17) is 0 Å². The second-order valence-electron chi connectivity index (χ2n) is 7.02. The number of nitrogens with one attached hydrogen (secondary N) is 2. The van der Waals surface area contributed by atoms with Crippen molar-refractivity contribution in [1.29, 1.82) is 0 Å². The second kappa shape index (κ2) is 6.33. The Balaban J connectivity index is 1.72. The Bertz CT molecular complexity index is 1090. The van der Waals surface area contributed by atoms with Gasteiger partial charge in [-0.15, -0.1) is 0 Å². The van der Waals surface area contributed by atoms with Crippen molar-refractivity contribution in [2.24, 2.45) is 0 Å². The van der Waals surface area contributed by atoms with E-state index in [9.17, 15) is 18.4 Å². The maximum absolute atomic E-state index is 13.8. The van der Waals surface area contributed by atoms with Crippen LogP contribution in [-0.4, -0.2) is 27.8 Å². The van der Waals surface area contributed by atoms with E-state index in [-0.39, 0.29) is 11.3 Å². The molecule has 0 aliphatic heterocycles. The van der Waals surface area contributed by atoms with Crippen molar-refractivity contribution in [3.63, 3.8) is 0 Å². The minimum Gasteiger partial charge on any atom is -0.354 e. The monoisotopic (exact) mass is 371 g/mol. The van der Waals surface area contributed by atoms with Gasteiger partial charge in [-0.2, -0.15) is 0 Å². The van der Waals surface area contributed by atoms with Crippen LogP contribution < -0.4 is 5.56 Å². The largest absolute Gasteiger partial charge is 0.354 e. The summed E-state index contributed by atoms with van der Waals surface area (Å²) in [7, 11) is 1.65. The van der Waals surface area contributed by atoms with Crippen LogP contribution in [-0.2, 0) is 12.8 Å². The van der Waals surface area contributed by atoms with E-state index < -0.39 is 23.2 Å². The lowest BCUT2D eigenvalue weighted by molar-refractivity contribution is 0.0738. The van der Waals surface area contributed by atoms with E-state index in [1.54, 1.807) is 14.0 Å². The average Bonchev–Trinajstić information content (AvgIpc) is 3.24. The van der Waals surface area contributed by atoms with Gasteiger partial charge in [0.2, 0.25) is 0 Å². The summed E-state index contributed by atoms with van der Waals surface area (Å²) in [6.45, 7) is 1.78. The summed E-state index contributed by atoms with van der Waals surface area (Å²) in [5.74, 6) is -2.31. The molecular formula is C20H19F2N3O2. The molecule has 140 valence electrons. The van der Waals surface area contributed by atoms with Crippen LogP contribution in [0.1, 0.15) is 46.7 Å².